The summed E-state index contributed by atoms with van der Waals surface area (Å²) >= 11 is 5.91. The van der Waals surface area contributed by atoms with Crippen molar-refractivity contribution >= 4 is 34.9 Å². The number of nitro groups is 1. The van der Waals surface area contributed by atoms with Crippen molar-refractivity contribution < 1.29 is 24.4 Å². The molecule has 0 radical (unpaired) electrons. The van der Waals surface area contributed by atoms with Crippen LogP contribution in [0.5, 0.6) is 5.75 Å². The third-order valence-corrected chi connectivity index (χ3v) is 4.10. The molecular formula is C15H14ClN2O6-. The minimum atomic E-state index is -1.33. The van der Waals surface area contributed by atoms with E-state index in [-0.39, 0.29) is 30.0 Å². The zero-order valence-corrected chi connectivity index (χ0v) is 13.4. The molecule has 2 rings (SSSR count). The summed E-state index contributed by atoms with van der Waals surface area (Å²) in [7, 11) is 1.30. The number of nitro benzene ring substituents is 1. The fourth-order valence-corrected chi connectivity index (χ4v) is 2.77. The lowest BCUT2D eigenvalue weighted by molar-refractivity contribution is -0.384. The average Bonchev–Trinajstić information content (AvgIpc) is 2.54. The molecule has 24 heavy (non-hydrogen) atoms. The number of benzene rings is 1. The number of carboxylic acid groups (broad SMARTS) is 1. The van der Waals surface area contributed by atoms with Gasteiger partial charge in [-0.05, 0) is 18.9 Å². The second-order valence-corrected chi connectivity index (χ2v) is 5.74. The molecule has 2 atom stereocenters. The Labute approximate surface area is 142 Å². The van der Waals surface area contributed by atoms with Crippen LogP contribution < -0.4 is 15.2 Å². The van der Waals surface area contributed by atoms with Gasteiger partial charge in [0.05, 0.1) is 29.7 Å². The zero-order valence-electron chi connectivity index (χ0n) is 12.7. The smallest absolute Gasteiger partial charge is 0.273 e. The number of carbonyl (C=O) groups is 2. The highest BCUT2D eigenvalue weighted by Gasteiger charge is 2.32. The van der Waals surface area contributed by atoms with Crippen molar-refractivity contribution in [3.8, 4) is 5.75 Å². The number of nitrogens with one attached hydrogen (secondary N) is 1. The first-order valence-electron chi connectivity index (χ1n) is 7.02. The van der Waals surface area contributed by atoms with Crippen molar-refractivity contribution in [3.05, 3.63) is 39.4 Å². The molecule has 0 bridgehead atoms. The molecular weight excluding hydrogens is 340 g/mol. The maximum absolute atomic E-state index is 12.4. The number of rotatable bonds is 5. The maximum atomic E-state index is 12.4. The van der Waals surface area contributed by atoms with Crippen molar-refractivity contribution in [2.24, 2.45) is 11.8 Å². The summed E-state index contributed by atoms with van der Waals surface area (Å²) in [5, 5.41) is 24.9. The van der Waals surface area contributed by atoms with Gasteiger partial charge >= 0.3 is 0 Å². The Morgan fingerprint density at radius 2 is 2.08 bits per heavy atom. The summed E-state index contributed by atoms with van der Waals surface area (Å²) in [5.74, 6) is -3.68. The fourth-order valence-electron chi connectivity index (χ4n) is 2.51. The molecule has 1 aromatic rings. The third-order valence-electron chi connectivity index (χ3n) is 3.79. The molecule has 1 amide bonds. The first-order chi connectivity index (χ1) is 11.3. The maximum Gasteiger partial charge on any atom is 0.273 e. The molecule has 0 aliphatic heterocycles. The van der Waals surface area contributed by atoms with Crippen molar-refractivity contribution in [2.45, 2.75) is 12.8 Å². The lowest BCUT2D eigenvalue weighted by Crippen LogP contribution is -2.42. The molecule has 1 aliphatic rings. The van der Waals surface area contributed by atoms with Crippen LogP contribution >= 0.6 is 11.6 Å². The molecule has 8 nitrogen and oxygen atoms in total. The minimum Gasteiger partial charge on any atom is -0.550 e. The van der Waals surface area contributed by atoms with E-state index in [2.05, 4.69) is 5.32 Å². The van der Waals surface area contributed by atoms with Crippen molar-refractivity contribution in [3.63, 3.8) is 0 Å². The van der Waals surface area contributed by atoms with Crippen molar-refractivity contribution in [1.29, 1.82) is 0 Å². The van der Waals surface area contributed by atoms with Gasteiger partial charge in [0.15, 0.2) is 0 Å². The number of hydrogen-bond donors (Lipinski definition) is 1. The van der Waals surface area contributed by atoms with E-state index in [1.165, 1.54) is 25.3 Å². The molecule has 128 valence electrons. The van der Waals surface area contributed by atoms with E-state index in [9.17, 15) is 24.8 Å². The number of ether oxygens (including phenoxy) is 1. The Kier molecular flexibility index (Phi) is 5.40. The second-order valence-electron chi connectivity index (χ2n) is 5.25. The van der Waals surface area contributed by atoms with Gasteiger partial charge in [-0.2, -0.15) is 0 Å². The van der Waals surface area contributed by atoms with Crippen LogP contribution in [0.2, 0.25) is 0 Å². The number of allylic oxidation sites excluding steroid dienone is 2. The van der Waals surface area contributed by atoms with E-state index in [0.29, 0.717) is 5.03 Å². The van der Waals surface area contributed by atoms with E-state index < -0.39 is 28.6 Å². The fraction of sp³-hybridized carbons (Fsp3) is 0.333. The Balaban J connectivity index is 2.23. The van der Waals surface area contributed by atoms with Gasteiger partial charge in [-0.1, -0.05) is 17.7 Å². The normalized spacial score (nSPS) is 20.0. The number of carbonyl (C=O) groups excluding carboxylic acids is 2. The summed E-state index contributed by atoms with van der Waals surface area (Å²) in [6.07, 6.45) is 1.75. The molecule has 0 saturated heterocycles. The van der Waals surface area contributed by atoms with Gasteiger partial charge in [0, 0.05) is 23.0 Å². The molecule has 1 aliphatic carbocycles. The quantitative estimate of drug-likeness (QED) is 0.631. The predicted molar refractivity (Wildman–Crippen MR) is 83.4 cm³/mol. The first-order valence-corrected chi connectivity index (χ1v) is 7.40. The highest BCUT2D eigenvalue weighted by atomic mass is 35.5. The molecule has 1 N–H and O–H groups in total. The highest BCUT2D eigenvalue weighted by molar-refractivity contribution is 6.29. The Morgan fingerprint density at radius 3 is 2.67 bits per heavy atom. The number of aliphatic carboxylic acids is 1. The van der Waals surface area contributed by atoms with Crippen LogP contribution in [0.3, 0.4) is 0 Å². The van der Waals surface area contributed by atoms with E-state index in [0.717, 1.165) is 0 Å². The molecule has 0 spiro atoms. The van der Waals surface area contributed by atoms with Gasteiger partial charge in [-0.25, -0.2) is 0 Å². The molecule has 0 fully saturated rings. The van der Waals surface area contributed by atoms with Gasteiger partial charge in [0.2, 0.25) is 5.91 Å². The molecule has 0 aromatic heterocycles. The first kappa shape index (κ1) is 17.7. The number of non-ortho nitro benzene ring substituents is 1. The van der Waals surface area contributed by atoms with Crippen LogP contribution in [0.15, 0.2) is 29.3 Å². The number of halogens is 1. The predicted octanol–water partition coefficient (Wildman–Crippen LogP) is 1.44. The number of nitrogens with zero attached hydrogens (tertiary/aromatic N) is 1. The SMILES string of the molecule is COc1cc([N+](=O)[O-])ccc1NC(=O)[C@H]1CC(Cl)=CC[C@H]1C(=O)[O-]. The molecule has 9 heteroatoms. The lowest BCUT2D eigenvalue weighted by atomic mass is 9.82. The molecule has 0 unspecified atom stereocenters. The summed E-state index contributed by atoms with van der Waals surface area (Å²) in [6, 6.07) is 3.70. The molecule has 0 heterocycles. The standard InChI is InChI=1S/C15H15ClN2O6/c1-24-13-7-9(18(22)23)3-5-12(13)17-14(19)11-6-8(16)2-4-10(11)15(20)21/h2-3,5,7,10-11H,4,6H2,1H3,(H,17,19)(H,20,21)/p-1/t10-,11+/m1/s1. The van der Waals surface area contributed by atoms with Gasteiger partial charge < -0.3 is 20.0 Å². The summed E-state index contributed by atoms with van der Waals surface area (Å²) in [4.78, 5) is 33.8. The number of amides is 1. The van der Waals surface area contributed by atoms with E-state index in [1.807, 2.05) is 0 Å². The number of carboxylic acids is 1. The second kappa shape index (κ2) is 7.31. The number of hydrogen-bond acceptors (Lipinski definition) is 6. The Hall–Kier alpha value is -2.61. The zero-order chi connectivity index (χ0) is 17.9. The van der Waals surface area contributed by atoms with Crippen LogP contribution in [0.1, 0.15) is 12.8 Å². The van der Waals surface area contributed by atoms with Crippen LogP contribution in [0.25, 0.3) is 0 Å². The van der Waals surface area contributed by atoms with Gasteiger partial charge in [-0.15, -0.1) is 0 Å². The van der Waals surface area contributed by atoms with E-state index in [1.54, 1.807) is 6.08 Å². The van der Waals surface area contributed by atoms with Crippen LogP contribution in [-0.2, 0) is 9.59 Å². The molecule has 1 aromatic carbocycles. The Morgan fingerprint density at radius 1 is 1.38 bits per heavy atom. The molecule has 0 saturated carbocycles. The van der Waals surface area contributed by atoms with Crippen LogP contribution in [0.4, 0.5) is 11.4 Å². The largest absolute Gasteiger partial charge is 0.550 e. The van der Waals surface area contributed by atoms with Gasteiger partial charge in [0.1, 0.15) is 5.75 Å². The van der Waals surface area contributed by atoms with Gasteiger partial charge in [-0.3, -0.25) is 14.9 Å². The average molecular weight is 354 g/mol. The summed E-state index contributed by atoms with van der Waals surface area (Å²) < 4.78 is 5.03. The highest BCUT2D eigenvalue weighted by Crippen LogP contribution is 2.34. The minimum absolute atomic E-state index is 0.0847. The van der Waals surface area contributed by atoms with E-state index in [4.69, 9.17) is 16.3 Å². The van der Waals surface area contributed by atoms with Gasteiger partial charge in [0.25, 0.3) is 5.69 Å². The summed E-state index contributed by atoms with van der Waals surface area (Å²) in [5.41, 5.74) is 0.0111. The number of methoxy groups -OCH3 is 1. The monoisotopic (exact) mass is 353 g/mol. The lowest BCUT2D eigenvalue weighted by Gasteiger charge is -2.29. The Bertz CT molecular complexity index is 718. The third kappa shape index (κ3) is 3.83. The number of anilines is 1. The van der Waals surface area contributed by atoms with Crippen molar-refractivity contribution in [2.75, 3.05) is 12.4 Å². The van der Waals surface area contributed by atoms with Crippen LogP contribution in [-0.4, -0.2) is 23.9 Å². The van der Waals surface area contributed by atoms with Crippen molar-refractivity contribution in [1.82, 2.24) is 0 Å². The topological polar surface area (TPSA) is 122 Å². The summed E-state index contributed by atoms with van der Waals surface area (Å²) in [6.45, 7) is 0. The van der Waals surface area contributed by atoms with Crippen LogP contribution in [0, 0.1) is 22.0 Å². The van der Waals surface area contributed by atoms with E-state index >= 15 is 0 Å².